The van der Waals surface area contributed by atoms with Crippen molar-refractivity contribution in [3.8, 4) is 0 Å². The maximum atomic E-state index is 12.1. The summed E-state index contributed by atoms with van der Waals surface area (Å²) in [7, 11) is 0. The maximum Gasteiger partial charge on any atom is 0.288 e. The number of nitro benzene ring substituents is 1. The molecule has 1 aromatic rings. The fraction of sp³-hybridized carbons (Fsp3) is 0.500. The van der Waals surface area contributed by atoms with E-state index in [-0.39, 0.29) is 28.2 Å². The second-order valence-corrected chi connectivity index (χ2v) is 5.59. The van der Waals surface area contributed by atoms with Gasteiger partial charge in [0.2, 0.25) is 0 Å². The lowest BCUT2D eigenvalue weighted by Crippen LogP contribution is -2.34. The van der Waals surface area contributed by atoms with E-state index in [4.69, 9.17) is 11.6 Å². The van der Waals surface area contributed by atoms with Crippen LogP contribution >= 0.6 is 11.6 Å². The molecule has 1 unspecified atom stereocenters. The standard InChI is InChI=1S/C14H17ClN2O3/c1-2-11(7-9-3-4-9)16-14(18)10-5-6-12(15)13(8-10)17(19)20/h5-6,8-9,11H,2-4,7H2,1H3,(H,16,18). The van der Waals surface area contributed by atoms with Crippen molar-refractivity contribution in [2.45, 2.75) is 38.6 Å². The van der Waals surface area contributed by atoms with Gasteiger partial charge in [-0.25, -0.2) is 0 Å². The zero-order chi connectivity index (χ0) is 14.7. The highest BCUT2D eigenvalue weighted by molar-refractivity contribution is 6.32. The lowest BCUT2D eigenvalue weighted by atomic mass is 10.1. The molecule has 1 aliphatic rings. The van der Waals surface area contributed by atoms with Crippen molar-refractivity contribution in [3.05, 3.63) is 38.9 Å². The highest BCUT2D eigenvalue weighted by Gasteiger charge is 2.26. The predicted octanol–water partition coefficient (Wildman–Crippen LogP) is 3.56. The SMILES string of the molecule is CCC(CC1CC1)NC(=O)c1ccc(Cl)c([N+](=O)[O-])c1. The fourth-order valence-corrected chi connectivity index (χ4v) is 2.33. The molecule has 0 heterocycles. The van der Waals surface area contributed by atoms with Crippen molar-refractivity contribution >= 4 is 23.2 Å². The number of halogens is 1. The zero-order valence-corrected chi connectivity index (χ0v) is 12.0. The summed E-state index contributed by atoms with van der Waals surface area (Å²) in [5.74, 6) is 0.442. The van der Waals surface area contributed by atoms with E-state index in [9.17, 15) is 14.9 Å². The Morgan fingerprint density at radius 3 is 2.80 bits per heavy atom. The van der Waals surface area contributed by atoms with Crippen LogP contribution in [0.25, 0.3) is 0 Å². The first-order valence-electron chi connectivity index (χ1n) is 6.76. The molecule has 0 radical (unpaired) electrons. The Hall–Kier alpha value is -1.62. The average Bonchev–Trinajstić information content (AvgIpc) is 3.21. The summed E-state index contributed by atoms with van der Waals surface area (Å²) in [6.45, 7) is 2.03. The van der Waals surface area contributed by atoms with Gasteiger partial charge >= 0.3 is 0 Å². The Labute approximate surface area is 122 Å². The van der Waals surface area contributed by atoms with Gasteiger partial charge in [0.05, 0.1) is 4.92 Å². The van der Waals surface area contributed by atoms with E-state index in [0.717, 1.165) is 18.8 Å². The molecule has 1 fully saturated rings. The Bertz CT molecular complexity index is 529. The number of nitrogens with zero attached hydrogens (tertiary/aromatic N) is 1. The first-order chi connectivity index (χ1) is 9.51. The number of carbonyl (C=O) groups is 1. The second-order valence-electron chi connectivity index (χ2n) is 5.18. The van der Waals surface area contributed by atoms with Crippen LogP contribution in [0.5, 0.6) is 0 Å². The Morgan fingerprint density at radius 1 is 1.55 bits per heavy atom. The lowest BCUT2D eigenvalue weighted by molar-refractivity contribution is -0.384. The van der Waals surface area contributed by atoms with E-state index in [2.05, 4.69) is 5.32 Å². The van der Waals surface area contributed by atoms with Crippen molar-refractivity contribution in [2.24, 2.45) is 5.92 Å². The summed E-state index contributed by atoms with van der Waals surface area (Å²) >= 11 is 5.73. The van der Waals surface area contributed by atoms with Crippen LogP contribution in [0.3, 0.4) is 0 Å². The molecular formula is C14H17ClN2O3. The van der Waals surface area contributed by atoms with E-state index in [0.29, 0.717) is 0 Å². The van der Waals surface area contributed by atoms with E-state index in [1.54, 1.807) is 0 Å². The van der Waals surface area contributed by atoms with Crippen LogP contribution < -0.4 is 5.32 Å². The van der Waals surface area contributed by atoms with Gasteiger partial charge in [-0.15, -0.1) is 0 Å². The molecule has 0 saturated heterocycles. The van der Waals surface area contributed by atoms with Gasteiger partial charge in [-0.2, -0.15) is 0 Å². The predicted molar refractivity (Wildman–Crippen MR) is 77.0 cm³/mol. The molecule has 0 spiro atoms. The number of hydrogen-bond donors (Lipinski definition) is 1. The van der Waals surface area contributed by atoms with Gasteiger partial charge in [0.1, 0.15) is 5.02 Å². The van der Waals surface area contributed by atoms with Gasteiger partial charge in [0, 0.05) is 17.7 Å². The third kappa shape index (κ3) is 3.70. The largest absolute Gasteiger partial charge is 0.349 e. The number of benzene rings is 1. The van der Waals surface area contributed by atoms with Crippen LogP contribution in [0.15, 0.2) is 18.2 Å². The van der Waals surface area contributed by atoms with Crippen molar-refractivity contribution in [3.63, 3.8) is 0 Å². The van der Waals surface area contributed by atoms with Crippen molar-refractivity contribution in [1.82, 2.24) is 5.32 Å². The molecule has 1 amide bonds. The summed E-state index contributed by atoms with van der Waals surface area (Å²) in [4.78, 5) is 22.4. The van der Waals surface area contributed by atoms with Gasteiger partial charge < -0.3 is 5.32 Å². The molecule has 108 valence electrons. The zero-order valence-electron chi connectivity index (χ0n) is 11.3. The molecule has 0 bridgehead atoms. The molecule has 0 aliphatic heterocycles. The van der Waals surface area contributed by atoms with Crippen molar-refractivity contribution in [2.75, 3.05) is 0 Å². The topological polar surface area (TPSA) is 72.2 Å². The van der Waals surface area contributed by atoms with Gasteiger partial charge in [0.25, 0.3) is 11.6 Å². The fourth-order valence-electron chi connectivity index (χ4n) is 2.15. The third-order valence-electron chi connectivity index (χ3n) is 3.55. The number of hydrogen-bond acceptors (Lipinski definition) is 3. The van der Waals surface area contributed by atoms with E-state index >= 15 is 0 Å². The van der Waals surface area contributed by atoms with E-state index in [1.165, 1.54) is 31.0 Å². The summed E-state index contributed by atoms with van der Waals surface area (Å²) in [5, 5.41) is 13.8. The van der Waals surface area contributed by atoms with Crippen LogP contribution in [-0.2, 0) is 0 Å². The number of nitrogens with one attached hydrogen (secondary N) is 1. The van der Waals surface area contributed by atoms with Crippen LogP contribution in [0, 0.1) is 16.0 Å². The van der Waals surface area contributed by atoms with Crippen molar-refractivity contribution in [1.29, 1.82) is 0 Å². The number of rotatable bonds is 6. The van der Waals surface area contributed by atoms with Crippen LogP contribution in [0.1, 0.15) is 43.0 Å². The minimum Gasteiger partial charge on any atom is -0.349 e. The Kier molecular flexibility index (Phi) is 4.60. The molecule has 1 N–H and O–H groups in total. The highest BCUT2D eigenvalue weighted by atomic mass is 35.5. The summed E-state index contributed by atoms with van der Waals surface area (Å²) in [5.41, 5.74) is 0.0323. The Morgan fingerprint density at radius 2 is 2.25 bits per heavy atom. The monoisotopic (exact) mass is 296 g/mol. The number of amides is 1. The molecule has 5 nitrogen and oxygen atoms in total. The van der Waals surface area contributed by atoms with E-state index in [1.807, 2.05) is 6.92 Å². The third-order valence-corrected chi connectivity index (χ3v) is 3.87. The smallest absolute Gasteiger partial charge is 0.288 e. The quantitative estimate of drug-likeness (QED) is 0.644. The maximum absolute atomic E-state index is 12.1. The lowest BCUT2D eigenvalue weighted by Gasteiger charge is -2.16. The van der Waals surface area contributed by atoms with Gasteiger partial charge in [-0.3, -0.25) is 14.9 Å². The minimum atomic E-state index is -0.583. The minimum absolute atomic E-state index is 0.0385. The number of carbonyl (C=O) groups excluding carboxylic acids is 1. The molecule has 20 heavy (non-hydrogen) atoms. The first-order valence-corrected chi connectivity index (χ1v) is 7.13. The van der Waals surface area contributed by atoms with Crippen LogP contribution in [0.4, 0.5) is 5.69 Å². The molecule has 6 heteroatoms. The van der Waals surface area contributed by atoms with Crippen molar-refractivity contribution < 1.29 is 9.72 Å². The van der Waals surface area contributed by atoms with Crippen LogP contribution in [0.2, 0.25) is 5.02 Å². The molecule has 0 aromatic heterocycles. The highest BCUT2D eigenvalue weighted by Crippen LogP contribution is 2.34. The summed E-state index contributed by atoms with van der Waals surface area (Å²) in [6.07, 6.45) is 4.31. The number of nitro groups is 1. The summed E-state index contributed by atoms with van der Waals surface area (Å²) in [6, 6.07) is 4.25. The molecule has 1 atom stereocenters. The molecular weight excluding hydrogens is 280 g/mol. The molecule has 1 aliphatic carbocycles. The second kappa shape index (κ2) is 6.22. The van der Waals surface area contributed by atoms with Gasteiger partial charge in [0.15, 0.2) is 0 Å². The molecule has 1 saturated carbocycles. The molecule has 2 rings (SSSR count). The average molecular weight is 297 g/mol. The van der Waals surface area contributed by atoms with Gasteiger partial charge in [-0.05, 0) is 30.9 Å². The Balaban J connectivity index is 2.07. The first kappa shape index (κ1) is 14.8. The normalized spacial score (nSPS) is 15.7. The van der Waals surface area contributed by atoms with Crippen LogP contribution in [-0.4, -0.2) is 16.9 Å². The van der Waals surface area contributed by atoms with E-state index < -0.39 is 4.92 Å². The van der Waals surface area contributed by atoms with Gasteiger partial charge in [-0.1, -0.05) is 31.4 Å². The molecule has 1 aromatic carbocycles. The summed E-state index contributed by atoms with van der Waals surface area (Å²) < 4.78 is 0.